The first-order valence-corrected chi connectivity index (χ1v) is 12.5. The highest BCUT2D eigenvalue weighted by Crippen LogP contribution is 2.45. The molecule has 6 rings (SSSR count). The van der Waals surface area contributed by atoms with Crippen LogP contribution in [0.3, 0.4) is 0 Å². The van der Waals surface area contributed by atoms with E-state index in [-0.39, 0.29) is 12.5 Å². The number of piperidine rings is 1. The minimum atomic E-state index is -0.873. The smallest absolute Gasteiger partial charge is 0.408 e. The minimum Gasteiger partial charge on any atom is -0.449 e. The fourth-order valence-corrected chi connectivity index (χ4v) is 6.44. The van der Waals surface area contributed by atoms with Gasteiger partial charge in [-0.1, -0.05) is 78.9 Å². The van der Waals surface area contributed by atoms with Gasteiger partial charge < -0.3 is 10.1 Å². The number of benzene rings is 3. The van der Waals surface area contributed by atoms with Crippen LogP contribution in [0.2, 0.25) is 0 Å². The van der Waals surface area contributed by atoms with Gasteiger partial charge in [-0.25, -0.2) is 4.79 Å². The summed E-state index contributed by atoms with van der Waals surface area (Å²) in [7, 11) is 0. The van der Waals surface area contributed by atoms with Gasteiger partial charge in [0.2, 0.25) is 0 Å². The van der Waals surface area contributed by atoms with E-state index in [4.69, 9.17) is 4.74 Å². The highest BCUT2D eigenvalue weighted by molar-refractivity contribution is 5.79. The fraction of sp³-hybridized carbons (Fsp3) is 0.333. The molecule has 1 N–H and O–H groups in total. The van der Waals surface area contributed by atoms with Crippen LogP contribution < -0.4 is 5.32 Å². The molecule has 5 nitrogen and oxygen atoms in total. The molecule has 2 unspecified atom stereocenters. The Bertz CT molecular complexity index is 1220. The Kier molecular flexibility index (Phi) is 5.54. The van der Waals surface area contributed by atoms with E-state index in [2.05, 4.69) is 64.8 Å². The Morgan fingerprint density at radius 3 is 2.09 bits per heavy atom. The van der Waals surface area contributed by atoms with Crippen molar-refractivity contribution >= 4 is 6.09 Å². The van der Waals surface area contributed by atoms with Gasteiger partial charge in [-0.15, -0.1) is 0 Å². The Morgan fingerprint density at radius 2 is 1.49 bits per heavy atom. The Hall–Kier alpha value is -3.62. The quantitative estimate of drug-likeness (QED) is 0.534. The lowest BCUT2D eigenvalue weighted by Crippen LogP contribution is -2.58. The number of carbonyl (C=O) groups is 1. The second-order valence-corrected chi connectivity index (χ2v) is 10.1. The molecule has 3 aromatic rings. The second kappa shape index (κ2) is 8.87. The molecule has 5 heteroatoms. The van der Waals surface area contributed by atoms with Gasteiger partial charge in [0.1, 0.15) is 12.1 Å². The molecule has 3 aliphatic rings. The second-order valence-electron chi connectivity index (χ2n) is 10.1. The summed E-state index contributed by atoms with van der Waals surface area (Å²) in [5.74, 6) is 0.00934. The van der Waals surface area contributed by atoms with Gasteiger partial charge in [-0.2, -0.15) is 5.26 Å². The zero-order valence-corrected chi connectivity index (χ0v) is 19.7. The molecule has 0 aromatic heterocycles. The molecule has 0 spiro atoms. The maximum absolute atomic E-state index is 13.0. The largest absolute Gasteiger partial charge is 0.449 e. The average Bonchev–Trinajstić information content (AvgIpc) is 3.33. The Labute approximate surface area is 206 Å². The van der Waals surface area contributed by atoms with Crippen LogP contribution in [0.1, 0.15) is 48.3 Å². The SMILES string of the molecule is N#CC1(NC(=O)OCC2c3ccccc3-c3ccccc32)CC2CCC(C1)N2Cc1ccccc1. The number of nitriles is 1. The monoisotopic (exact) mass is 463 g/mol. The van der Waals surface area contributed by atoms with Crippen molar-refractivity contribution in [1.82, 2.24) is 10.2 Å². The van der Waals surface area contributed by atoms with Gasteiger partial charge in [0.25, 0.3) is 0 Å². The number of hydrogen-bond donors (Lipinski definition) is 1. The molecule has 2 fully saturated rings. The predicted octanol–water partition coefficient (Wildman–Crippen LogP) is 5.61. The van der Waals surface area contributed by atoms with E-state index in [1.54, 1.807) is 0 Å². The number of carbonyl (C=O) groups excluding carboxylic acids is 1. The van der Waals surface area contributed by atoms with E-state index in [0.29, 0.717) is 24.9 Å². The van der Waals surface area contributed by atoms with Crippen molar-refractivity contribution in [1.29, 1.82) is 5.26 Å². The highest BCUT2D eigenvalue weighted by Gasteiger charge is 2.49. The van der Waals surface area contributed by atoms with Crippen LogP contribution in [0.4, 0.5) is 4.79 Å². The number of alkyl carbamates (subject to hydrolysis) is 1. The lowest BCUT2D eigenvalue weighted by molar-refractivity contribution is 0.0760. The van der Waals surface area contributed by atoms with E-state index in [1.165, 1.54) is 27.8 Å². The Morgan fingerprint density at radius 1 is 0.914 bits per heavy atom. The van der Waals surface area contributed by atoms with Crippen molar-refractivity contribution < 1.29 is 9.53 Å². The van der Waals surface area contributed by atoms with Gasteiger partial charge in [-0.3, -0.25) is 4.90 Å². The van der Waals surface area contributed by atoms with Crippen molar-refractivity contribution in [3.8, 4) is 17.2 Å². The van der Waals surface area contributed by atoms with Crippen LogP contribution in [0.5, 0.6) is 0 Å². The number of rotatable bonds is 5. The third kappa shape index (κ3) is 3.98. The fourth-order valence-electron chi connectivity index (χ4n) is 6.44. The van der Waals surface area contributed by atoms with Gasteiger partial charge in [0, 0.05) is 24.5 Å². The van der Waals surface area contributed by atoms with Crippen molar-refractivity contribution in [3.05, 3.63) is 95.6 Å². The minimum absolute atomic E-state index is 0.00934. The number of hydrogen-bond acceptors (Lipinski definition) is 4. The van der Waals surface area contributed by atoms with Crippen LogP contribution in [0.15, 0.2) is 78.9 Å². The van der Waals surface area contributed by atoms with Gasteiger partial charge in [0.05, 0.1) is 6.07 Å². The average molecular weight is 464 g/mol. The summed E-state index contributed by atoms with van der Waals surface area (Å²) >= 11 is 0. The van der Waals surface area contributed by atoms with E-state index in [9.17, 15) is 10.1 Å². The summed E-state index contributed by atoms with van der Waals surface area (Å²) in [6.07, 6.45) is 2.90. The van der Waals surface area contributed by atoms with Crippen molar-refractivity contribution in [3.63, 3.8) is 0 Å². The summed E-state index contributed by atoms with van der Waals surface area (Å²) < 4.78 is 5.77. The Balaban J connectivity index is 1.12. The van der Waals surface area contributed by atoms with E-state index in [1.807, 2.05) is 30.3 Å². The number of nitrogens with one attached hydrogen (secondary N) is 1. The number of amides is 1. The highest BCUT2D eigenvalue weighted by atomic mass is 16.5. The molecule has 2 atom stereocenters. The molecule has 0 radical (unpaired) electrons. The number of fused-ring (bicyclic) bond motifs is 5. The molecule has 2 aliphatic heterocycles. The third-order valence-electron chi connectivity index (χ3n) is 8.05. The summed E-state index contributed by atoms with van der Waals surface area (Å²) in [5.41, 5.74) is 5.19. The van der Waals surface area contributed by atoms with Crippen LogP contribution in [-0.4, -0.2) is 35.2 Å². The van der Waals surface area contributed by atoms with Crippen LogP contribution in [0, 0.1) is 11.3 Å². The first-order chi connectivity index (χ1) is 17.2. The lowest BCUT2D eigenvalue weighted by Gasteiger charge is -2.43. The zero-order chi connectivity index (χ0) is 23.8. The molecule has 2 saturated heterocycles. The topological polar surface area (TPSA) is 65.4 Å². The summed E-state index contributed by atoms with van der Waals surface area (Å²) in [5, 5.41) is 13.1. The maximum Gasteiger partial charge on any atom is 0.408 e. The molecule has 176 valence electrons. The van der Waals surface area contributed by atoms with E-state index in [0.717, 1.165) is 19.4 Å². The molecule has 1 aliphatic carbocycles. The molecule has 0 saturated carbocycles. The molecule has 1 amide bonds. The standard InChI is InChI=1S/C30H29N3O2/c31-20-30(16-22-14-15-23(17-30)33(22)18-21-8-2-1-3-9-21)32-29(34)35-19-28-26-12-6-4-10-24(26)25-11-5-7-13-27(25)28/h1-13,22-23,28H,14-19H2,(H,32,34). The van der Waals surface area contributed by atoms with Crippen molar-refractivity contribution in [2.45, 2.75) is 55.8 Å². The summed E-state index contributed by atoms with van der Waals surface area (Å²) in [6.45, 7) is 1.15. The number of nitrogens with zero attached hydrogens (tertiary/aromatic N) is 2. The van der Waals surface area contributed by atoms with Crippen LogP contribution in [-0.2, 0) is 11.3 Å². The van der Waals surface area contributed by atoms with Gasteiger partial charge in [-0.05, 0) is 53.5 Å². The van der Waals surface area contributed by atoms with Crippen LogP contribution in [0.25, 0.3) is 11.1 Å². The molecular weight excluding hydrogens is 434 g/mol. The molecule has 35 heavy (non-hydrogen) atoms. The molecule has 2 heterocycles. The zero-order valence-electron chi connectivity index (χ0n) is 19.7. The van der Waals surface area contributed by atoms with Gasteiger partial charge in [0.15, 0.2) is 0 Å². The normalized spacial score (nSPS) is 24.9. The first kappa shape index (κ1) is 21.9. The van der Waals surface area contributed by atoms with Crippen molar-refractivity contribution in [2.24, 2.45) is 0 Å². The maximum atomic E-state index is 13.0. The molecule has 3 aromatic carbocycles. The van der Waals surface area contributed by atoms with E-state index >= 15 is 0 Å². The summed E-state index contributed by atoms with van der Waals surface area (Å²) in [4.78, 5) is 15.5. The number of ether oxygens (including phenoxy) is 1. The van der Waals surface area contributed by atoms with E-state index < -0.39 is 11.6 Å². The summed E-state index contributed by atoms with van der Waals surface area (Å²) in [6, 6.07) is 30.1. The first-order valence-electron chi connectivity index (χ1n) is 12.5. The predicted molar refractivity (Wildman–Crippen MR) is 135 cm³/mol. The third-order valence-corrected chi connectivity index (χ3v) is 8.05. The van der Waals surface area contributed by atoms with Gasteiger partial charge >= 0.3 is 6.09 Å². The molecule has 2 bridgehead atoms. The van der Waals surface area contributed by atoms with Crippen LogP contribution >= 0.6 is 0 Å². The van der Waals surface area contributed by atoms with Crippen molar-refractivity contribution in [2.75, 3.05) is 6.61 Å². The molecular formula is C30H29N3O2. The lowest BCUT2D eigenvalue weighted by atomic mass is 9.84.